The van der Waals surface area contributed by atoms with Crippen molar-refractivity contribution in [1.82, 2.24) is 9.91 Å². The maximum atomic E-state index is 6.73. The second kappa shape index (κ2) is 7.33. The van der Waals surface area contributed by atoms with Crippen LogP contribution < -0.4 is 4.74 Å². The number of halogens is 1. The molecule has 1 saturated heterocycles. The van der Waals surface area contributed by atoms with Crippen LogP contribution in [0.5, 0.6) is 5.75 Å². The van der Waals surface area contributed by atoms with Gasteiger partial charge >= 0.3 is 0 Å². The monoisotopic (exact) mass is 409 g/mol. The van der Waals surface area contributed by atoms with E-state index >= 15 is 0 Å². The molecular weight excluding hydrogens is 382 g/mol. The van der Waals surface area contributed by atoms with Gasteiger partial charge in [-0.25, -0.2) is 5.01 Å². The van der Waals surface area contributed by atoms with Crippen LogP contribution in [-0.4, -0.2) is 41.0 Å². The first-order chi connectivity index (χ1) is 14.1. The zero-order valence-corrected chi connectivity index (χ0v) is 18.0. The average molecular weight is 410 g/mol. The van der Waals surface area contributed by atoms with Crippen LogP contribution in [-0.2, 0) is 0 Å². The third kappa shape index (κ3) is 3.32. The third-order valence-electron chi connectivity index (χ3n) is 6.51. The topological polar surface area (TPSA) is 28.1 Å². The van der Waals surface area contributed by atoms with Gasteiger partial charge in [-0.3, -0.25) is 0 Å². The summed E-state index contributed by atoms with van der Waals surface area (Å²) in [5, 5.41) is 8.20. The van der Waals surface area contributed by atoms with Crippen molar-refractivity contribution >= 4 is 17.3 Å². The summed E-state index contributed by atoms with van der Waals surface area (Å²) in [5.74, 6) is 1.04. The number of piperidine rings is 1. The first-order valence-corrected chi connectivity index (χ1v) is 11.1. The zero-order valence-electron chi connectivity index (χ0n) is 17.2. The van der Waals surface area contributed by atoms with E-state index in [1.54, 1.807) is 0 Å². The number of nitrogens with zero attached hydrogens (tertiary/aromatic N) is 3. The number of benzene rings is 2. The number of likely N-dealkylation sites (tertiary alicyclic amines) is 1. The summed E-state index contributed by atoms with van der Waals surface area (Å²) in [6.07, 6.45) is 4.06. The number of hydrogen-bond donors (Lipinski definition) is 0. The molecule has 2 aromatic rings. The van der Waals surface area contributed by atoms with Crippen molar-refractivity contribution < 1.29 is 4.74 Å². The molecule has 5 rings (SSSR count). The molecule has 29 heavy (non-hydrogen) atoms. The molecule has 1 atom stereocenters. The lowest BCUT2D eigenvalue weighted by atomic mass is 9.90. The normalized spacial score (nSPS) is 22.8. The van der Waals surface area contributed by atoms with Gasteiger partial charge in [0.1, 0.15) is 5.75 Å². The van der Waals surface area contributed by atoms with Gasteiger partial charge in [0.05, 0.1) is 11.8 Å². The molecule has 1 fully saturated rings. The van der Waals surface area contributed by atoms with E-state index in [9.17, 15) is 0 Å². The standard InChI is InChI=1S/C24H28ClN3O/c1-3-12-27-13-10-24(11-14-27)28-22(20-15-17(2)4-9-23(20)29-24)16-21(26-28)18-5-7-19(25)8-6-18/h4-9,15,22H,3,10-14,16H2,1-2H3/t22-/m1/s1. The molecule has 5 heteroatoms. The van der Waals surface area contributed by atoms with Gasteiger partial charge in [0.2, 0.25) is 5.72 Å². The van der Waals surface area contributed by atoms with Crippen LogP contribution in [0.3, 0.4) is 0 Å². The summed E-state index contributed by atoms with van der Waals surface area (Å²) in [7, 11) is 0. The van der Waals surface area contributed by atoms with Crippen LogP contribution in [0.25, 0.3) is 0 Å². The van der Waals surface area contributed by atoms with E-state index in [0.717, 1.165) is 60.9 Å². The van der Waals surface area contributed by atoms with Crippen molar-refractivity contribution in [3.8, 4) is 5.75 Å². The number of hydrogen-bond acceptors (Lipinski definition) is 4. The Hall–Kier alpha value is -2.04. The molecule has 2 aromatic carbocycles. The summed E-state index contributed by atoms with van der Waals surface area (Å²) in [5.41, 5.74) is 4.46. The first-order valence-electron chi connectivity index (χ1n) is 10.7. The Morgan fingerprint density at radius 3 is 2.62 bits per heavy atom. The summed E-state index contributed by atoms with van der Waals surface area (Å²) >= 11 is 6.11. The molecule has 0 aromatic heterocycles. The number of fused-ring (bicyclic) bond motifs is 4. The van der Waals surface area contributed by atoms with Gasteiger partial charge in [0.15, 0.2) is 0 Å². The maximum Gasteiger partial charge on any atom is 0.200 e. The lowest BCUT2D eigenvalue weighted by molar-refractivity contribution is -0.149. The highest BCUT2D eigenvalue weighted by Crippen LogP contribution is 2.50. The molecule has 3 aliphatic rings. The highest BCUT2D eigenvalue weighted by Gasteiger charge is 2.51. The number of aryl methyl sites for hydroxylation is 1. The van der Waals surface area contributed by atoms with Crippen molar-refractivity contribution in [3.63, 3.8) is 0 Å². The van der Waals surface area contributed by atoms with Crippen LogP contribution in [0.4, 0.5) is 0 Å². The third-order valence-corrected chi connectivity index (χ3v) is 6.76. The fourth-order valence-electron chi connectivity index (χ4n) is 4.99. The molecule has 0 N–H and O–H groups in total. The summed E-state index contributed by atoms with van der Waals surface area (Å²) in [6.45, 7) is 7.68. The second-order valence-corrected chi connectivity index (χ2v) is 8.99. The second-order valence-electron chi connectivity index (χ2n) is 8.55. The molecule has 1 spiro atoms. The SMILES string of the molecule is CCCN1CCC2(CC1)Oc1ccc(C)cc1[C@H]1CC(c3ccc(Cl)cc3)=NN12. The van der Waals surface area contributed by atoms with Crippen LogP contribution in [0.15, 0.2) is 47.6 Å². The summed E-state index contributed by atoms with van der Waals surface area (Å²) in [6, 6.07) is 14.9. The summed E-state index contributed by atoms with van der Waals surface area (Å²) < 4.78 is 6.73. The average Bonchev–Trinajstić information content (AvgIpc) is 3.18. The first kappa shape index (κ1) is 19.0. The molecule has 0 saturated carbocycles. The molecule has 0 aliphatic carbocycles. The van der Waals surface area contributed by atoms with Gasteiger partial charge in [-0.1, -0.05) is 48.4 Å². The molecule has 152 valence electrons. The number of ether oxygens (including phenoxy) is 1. The van der Waals surface area contributed by atoms with Crippen LogP contribution in [0, 0.1) is 6.92 Å². The van der Waals surface area contributed by atoms with Crippen LogP contribution >= 0.6 is 11.6 Å². The fraction of sp³-hybridized carbons (Fsp3) is 0.458. The Morgan fingerprint density at radius 2 is 1.90 bits per heavy atom. The quantitative estimate of drug-likeness (QED) is 0.679. The molecule has 0 bridgehead atoms. The smallest absolute Gasteiger partial charge is 0.200 e. The predicted molar refractivity (Wildman–Crippen MR) is 118 cm³/mol. The Balaban J connectivity index is 1.52. The van der Waals surface area contributed by atoms with Crippen molar-refractivity contribution in [2.24, 2.45) is 5.10 Å². The largest absolute Gasteiger partial charge is 0.466 e. The van der Waals surface area contributed by atoms with E-state index < -0.39 is 0 Å². The van der Waals surface area contributed by atoms with Crippen molar-refractivity contribution in [3.05, 3.63) is 64.2 Å². The Morgan fingerprint density at radius 1 is 1.14 bits per heavy atom. The lowest BCUT2D eigenvalue weighted by Crippen LogP contribution is -2.59. The highest BCUT2D eigenvalue weighted by molar-refractivity contribution is 6.30. The lowest BCUT2D eigenvalue weighted by Gasteiger charge is -2.51. The van der Waals surface area contributed by atoms with Crippen molar-refractivity contribution in [2.75, 3.05) is 19.6 Å². The van der Waals surface area contributed by atoms with E-state index in [1.807, 2.05) is 12.1 Å². The maximum absolute atomic E-state index is 6.73. The van der Waals surface area contributed by atoms with Gasteiger partial charge in [-0.05, 0) is 43.7 Å². The van der Waals surface area contributed by atoms with E-state index in [-0.39, 0.29) is 11.8 Å². The molecule has 0 unspecified atom stereocenters. The molecule has 3 heterocycles. The molecule has 0 amide bonds. The minimum atomic E-state index is -0.342. The van der Waals surface area contributed by atoms with E-state index in [2.05, 4.69) is 54.1 Å². The Bertz CT molecular complexity index is 932. The molecule has 4 nitrogen and oxygen atoms in total. The van der Waals surface area contributed by atoms with Crippen LogP contribution in [0.2, 0.25) is 5.02 Å². The van der Waals surface area contributed by atoms with Gasteiger partial charge < -0.3 is 9.64 Å². The van der Waals surface area contributed by atoms with Crippen LogP contribution in [0.1, 0.15) is 55.3 Å². The number of rotatable bonds is 3. The highest BCUT2D eigenvalue weighted by atomic mass is 35.5. The van der Waals surface area contributed by atoms with E-state index in [4.69, 9.17) is 21.4 Å². The van der Waals surface area contributed by atoms with Gasteiger partial charge in [-0.15, -0.1) is 0 Å². The predicted octanol–water partition coefficient (Wildman–Crippen LogP) is 5.39. The minimum Gasteiger partial charge on any atom is -0.466 e. The summed E-state index contributed by atoms with van der Waals surface area (Å²) in [4.78, 5) is 2.55. The van der Waals surface area contributed by atoms with E-state index in [0.29, 0.717) is 0 Å². The van der Waals surface area contributed by atoms with Crippen molar-refractivity contribution in [2.45, 2.75) is 51.3 Å². The molecule has 3 aliphatic heterocycles. The number of hydrazone groups is 1. The van der Waals surface area contributed by atoms with Gasteiger partial charge in [-0.2, -0.15) is 5.10 Å². The molecule has 0 radical (unpaired) electrons. The van der Waals surface area contributed by atoms with Gasteiger partial charge in [0.25, 0.3) is 0 Å². The Labute approximate surface area is 178 Å². The minimum absolute atomic E-state index is 0.238. The van der Waals surface area contributed by atoms with Crippen molar-refractivity contribution in [1.29, 1.82) is 0 Å². The van der Waals surface area contributed by atoms with Gasteiger partial charge in [0, 0.05) is 42.9 Å². The fourth-order valence-corrected chi connectivity index (χ4v) is 5.12. The van der Waals surface area contributed by atoms with E-state index in [1.165, 1.54) is 17.5 Å². The molecular formula is C24H28ClN3O. The Kier molecular flexibility index (Phi) is 4.79. The zero-order chi connectivity index (χ0) is 20.0.